The summed E-state index contributed by atoms with van der Waals surface area (Å²) in [5.41, 5.74) is 0. The Balaban J connectivity index is 3.15. The lowest BCUT2D eigenvalue weighted by molar-refractivity contribution is 0.435. The van der Waals surface area contributed by atoms with Gasteiger partial charge in [0.15, 0.2) is 0 Å². The normalized spacial score (nSPS) is 13.6. The molecule has 0 fully saturated rings. The fourth-order valence-electron chi connectivity index (χ4n) is 1.63. The van der Waals surface area contributed by atoms with E-state index in [0.29, 0.717) is 5.92 Å². The van der Waals surface area contributed by atoms with E-state index in [1.807, 2.05) is 0 Å². The molecule has 0 heteroatoms. The van der Waals surface area contributed by atoms with Gasteiger partial charge in [-0.2, -0.15) is 0 Å². The first kappa shape index (κ1) is 13.0. The van der Waals surface area contributed by atoms with Gasteiger partial charge in [0, 0.05) is 0 Å². The Hall–Kier alpha value is 0. The van der Waals surface area contributed by atoms with Gasteiger partial charge in [-0.3, -0.25) is 0 Å². The summed E-state index contributed by atoms with van der Waals surface area (Å²) >= 11 is 0. The molecule has 0 nitrogen and oxygen atoms in total. The van der Waals surface area contributed by atoms with Crippen LogP contribution in [0.25, 0.3) is 0 Å². The van der Waals surface area contributed by atoms with Crippen molar-refractivity contribution in [1.29, 1.82) is 0 Å². The lowest BCUT2D eigenvalue weighted by atomic mass is 9.95. The number of rotatable bonds is 8. The second-order valence-electron chi connectivity index (χ2n) is 4.48. The number of hydrogen-bond acceptors (Lipinski definition) is 0. The molecule has 2 unspecified atom stereocenters. The molecule has 0 N–H and O–H groups in total. The quantitative estimate of drug-likeness (QED) is 0.479. The highest BCUT2D eigenvalue weighted by Crippen LogP contribution is 2.17. The highest BCUT2D eigenvalue weighted by atomic mass is 14.1. The van der Waals surface area contributed by atoms with Gasteiger partial charge in [0.1, 0.15) is 0 Å². The first-order chi connectivity index (χ1) is 6.16. The van der Waals surface area contributed by atoms with Crippen molar-refractivity contribution in [3.05, 3.63) is 13.3 Å². The molecule has 0 aromatic carbocycles. The fraction of sp³-hybridized carbons (Fsp3) is 0.846. The Bertz CT molecular complexity index is 94.2. The Morgan fingerprint density at radius 3 is 2.23 bits per heavy atom. The highest BCUT2D eigenvalue weighted by molar-refractivity contribution is 4.61. The van der Waals surface area contributed by atoms with Crippen LogP contribution >= 0.6 is 0 Å². The van der Waals surface area contributed by atoms with Crippen molar-refractivity contribution in [3.63, 3.8) is 0 Å². The van der Waals surface area contributed by atoms with Gasteiger partial charge in [-0.15, -0.1) is 0 Å². The lowest BCUT2D eigenvalue weighted by Crippen LogP contribution is -1.96. The number of hydrogen-bond donors (Lipinski definition) is 0. The monoisotopic (exact) mass is 182 g/mol. The first-order valence-corrected chi connectivity index (χ1v) is 5.77. The number of unbranched alkanes of at least 4 members (excludes halogenated alkanes) is 2. The van der Waals surface area contributed by atoms with E-state index in [1.54, 1.807) is 0 Å². The molecular weight excluding hydrogens is 156 g/mol. The van der Waals surface area contributed by atoms with Crippen LogP contribution in [-0.4, -0.2) is 0 Å². The molecule has 13 heavy (non-hydrogen) atoms. The van der Waals surface area contributed by atoms with Crippen LogP contribution in [-0.2, 0) is 0 Å². The standard InChI is InChI=1S/C13H26/c1-5-6-7-10-13(4)11-8-9-12(2)3/h5,12-13H,2,6-11H2,1,3-4H3. The molecule has 0 rings (SSSR count). The summed E-state index contributed by atoms with van der Waals surface area (Å²) in [7, 11) is 0. The first-order valence-electron chi connectivity index (χ1n) is 5.77. The smallest absolute Gasteiger partial charge is 0.0417 e. The van der Waals surface area contributed by atoms with Crippen molar-refractivity contribution in [3.8, 4) is 0 Å². The molecule has 0 aromatic heterocycles. The molecule has 0 spiro atoms. The Morgan fingerprint density at radius 2 is 1.69 bits per heavy atom. The SMILES string of the molecule is [CH2]C(C)CCCC(C)CCC[CH]C. The van der Waals surface area contributed by atoms with Gasteiger partial charge in [-0.25, -0.2) is 0 Å². The fourth-order valence-corrected chi connectivity index (χ4v) is 1.63. The zero-order chi connectivity index (χ0) is 10.1. The maximum Gasteiger partial charge on any atom is -0.0417 e. The topological polar surface area (TPSA) is 0 Å². The molecule has 0 aliphatic heterocycles. The van der Waals surface area contributed by atoms with E-state index in [-0.39, 0.29) is 0 Å². The van der Waals surface area contributed by atoms with E-state index in [1.165, 1.54) is 38.5 Å². The molecule has 0 saturated carbocycles. The maximum absolute atomic E-state index is 4.01. The zero-order valence-corrected chi connectivity index (χ0v) is 9.68. The molecule has 0 aliphatic rings. The van der Waals surface area contributed by atoms with E-state index in [2.05, 4.69) is 34.1 Å². The molecular formula is C13H26. The molecule has 2 radical (unpaired) electrons. The van der Waals surface area contributed by atoms with Gasteiger partial charge in [0.05, 0.1) is 0 Å². The van der Waals surface area contributed by atoms with Crippen molar-refractivity contribution in [1.82, 2.24) is 0 Å². The molecule has 0 aromatic rings. The van der Waals surface area contributed by atoms with Crippen LogP contribution in [0.15, 0.2) is 0 Å². The third kappa shape index (κ3) is 9.92. The average molecular weight is 182 g/mol. The second-order valence-corrected chi connectivity index (χ2v) is 4.48. The summed E-state index contributed by atoms with van der Waals surface area (Å²) < 4.78 is 0. The summed E-state index contributed by atoms with van der Waals surface area (Å²) in [6, 6.07) is 0. The van der Waals surface area contributed by atoms with Crippen LogP contribution in [0.2, 0.25) is 0 Å². The third-order valence-electron chi connectivity index (χ3n) is 2.58. The lowest BCUT2D eigenvalue weighted by Gasteiger charge is -2.11. The highest BCUT2D eigenvalue weighted by Gasteiger charge is 2.02. The minimum atomic E-state index is 0.635. The Labute approximate surface area is 85.1 Å². The van der Waals surface area contributed by atoms with E-state index in [9.17, 15) is 0 Å². The molecule has 0 aliphatic carbocycles. The van der Waals surface area contributed by atoms with Gasteiger partial charge in [0.25, 0.3) is 0 Å². The summed E-state index contributed by atoms with van der Waals surface area (Å²) in [6.07, 6.45) is 10.4. The van der Waals surface area contributed by atoms with Gasteiger partial charge in [-0.1, -0.05) is 66.2 Å². The minimum Gasteiger partial charge on any atom is -0.0625 e. The maximum atomic E-state index is 4.01. The van der Waals surface area contributed by atoms with Gasteiger partial charge >= 0.3 is 0 Å². The van der Waals surface area contributed by atoms with Crippen molar-refractivity contribution in [2.75, 3.05) is 0 Å². The van der Waals surface area contributed by atoms with Crippen LogP contribution in [0.4, 0.5) is 0 Å². The van der Waals surface area contributed by atoms with Crippen LogP contribution in [0.3, 0.4) is 0 Å². The van der Waals surface area contributed by atoms with Crippen LogP contribution in [0.5, 0.6) is 0 Å². The van der Waals surface area contributed by atoms with Gasteiger partial charge in [-0.05, 0) is 18.3 Å². The van der Waals surface area contributed by atoms with E-state index in [0.717, 1.165) is 5.92 Å². The summed E-state index contributed by atoms with van der Waals surface area (Å²) in [5.74, 6) is 1.55. The van der Waals surface area contributed by atoms with Gasteiger partial charge in [0.2, 0.25) is 0 Å². The molecule has 2 atom stereocenters. The summed E-state index contributed by atoms with van der Waals surface area (Å²) in [6.45, 7) is 10.7. The van der Waals surface area contributed by atoms with Crippen molar-refractivity contribution >= 4 is 0 Å². The molecule has 0 amide bonds. The van der Waals surface area contributed by atoms with E-state index < -0.39 is 0 Å². The third-order valence-corrected chi connectivity index (χ3v) is 2.58. The molecule has 0 bridgehead atoms. The van der Waals surface area contributed by atoms with Gasteiger partial charge < -0.3 is 0 Å². The minimum absolute atomic E-state index is 0.635. The largest absolute Gasteiger partial charge is 0.0625 e. The van der Waals surface area contributed by atoms with Crippen molar-refractivity contribution in [2.24, 2.45) is 11.8 Å². The summed E-state index contributed by atoms with van der Waals surface area (Å²) in [4.78, 5) is 0. The zero-order valence-electron chi connectivity index (χ0n) is 9.68. The molecule has 0 saturated heterocycles. The van der Waals surface area contributed by atoms with Crippen LogP contribution in [0, 0.1) is 25.2 Å². The van der Waals surface area contributed by atoms with E-state index >= 15 is 0 Å². The Kier molecular flexibility index (Phi) is 8.59. The molecule has 0 heterocycles. The van der Waals surface area contributed by atoms with Crippen LogP contribution in [0.1, 0.15) is 59.3 Å². The predicted octanol–water partition coefficient (Wildman–Crippen LogP) is 4.66. The predicted molar refractivity (Wildman–Crippen MR) is 61.4 cm³/mol. The van der Waals surface area contributed by atoms with Crippen molar-refractivity contribution in [2.45, 2.75) is 59.3 Å². The Morgan fingerprint density at radius 1 is 1.08 bits per heavy atom. The van der Waals surface area contributed by atoms with Crippen LogP contribution < -0.4 is 0 Å². The summed E-state index contributed by atoms with van der Waals surface area (Å²) in [5, 5.41) is 0. The second kappa shape index (κ2) is 8.59. The van der Waals surface area contributed by atoms with Crippen molar-refractivity contribution < 1.29 is 0 Å². The van der Waals surface area contributed by atoms with E-state index in [4.69, 9.17) is 0 Å². The molecule has 78 valence electrons. The average Bonchev–Trinajstić information content (AvgIpc) is 2.04.